The number of rotatable bonds is 3. The molecule has 1 aromatic rings. The third kappa shape index (κ3) is 3.64. The number of carbonyl (C=O) groups is 1. The van der Waals surface area contributed by atoms with Crippen molar-refractivity contribution < 1.29 is 4.79 Å². The van der Waals surface area contributed by atoms with Crippen LogP contribution < -0.4 is 10.6 Å². The minimum absolute atomic E-state index is 0. The van der Waals surface area contributed by atoms with Crippen molar-refractivity contribution in [2.24, 2.45) is 5.73 Å². The van der Waals surface area contributed by atoms with E-state index in [0.29, 0.717) is 13.0 Å². The largest absolute Gasteiger partial charge is 0.368 e. The summed E-state index contributed by atoms with van der Waals surface area (Å²) >= 11 is 0. The van der Waals surface area contributed by atoms with Gasteiger partial charge in [0.1, 0.15) is 0 Å². The van der Waals surface area contributed by atoms with E-state index < -0.39 is 0 Å². The number of carbonyl (C=O) groups excluding carboxylic acids is 1. The van der Waals surface area contributed by atoms with Crippen LogP contribution in [0.25, 0.3) is 0 Å². The summed E-state index contributed by atoms with van der Waals surface area (Å²) in [7, 11) is 0. The fourth-order valence-corrected chi connectivity index (χ4v) is 2.56. The number of aryl methyl sites for hydroxylation is 1. The quantitative estimate of drug-likeness (QED) is 0.924. The molecule has 0 bridgehead atoms. The van der Waals surface area contributed by atoms with Crippen LogP contribution in [0.1, 0.15) is 17.5 Å². The molecule has 1 fully saturated rings. The van der Waals surface area contributed by atoms with E-state index in [4.69, 9.17) is 5.73 Å². The zero-order valence-electron chi connectivity index (χ0n) is 12.3. The molecule has 0 aromatic heterocycles. The van der Waals surface area contributed by atoms with E-state index in [0.717, 1.165) is 26.2 Å². The number of hydrogen-bond acceptors (Lipinski definition) is 3. The molecular formula is C15H24ClN3O. The lowest BCUT2D eigenvalue weighted by atomic mass is 10.1. The maximum absolute atomic E-state index is 11.8. The fraction of sp³-hybridized carbons (Fsp3) is 0.533. The second-order valence-corrected chi connectivity index (χ2v) is 5.13. The predicted octanol–water partition coefficient (Wildman–Crippen LogP) is 1.72. The van der Waals surface area contributed by atoms with Gasteiger partial charge in [-0.15, -0.1) is 12.4 Å². The van der Waals surface area contributed by atoms with Crippen molar-refractivity contribution >= 4 is 24.0 Å². The standard InChI is InChI=1S/C15H23N3O.ClH/c1-12-4-3-5-14(13(12)2)17-8-10-18(11-9-17)15(19)6-7-16;/h3-5H,6-11,16H2,1-2H3;1H. The molecule has 20 heavy (non-hydrogen) atoms. The van der Waals surface area contributed by atoms with E-state index in [1.165, 1.54) is 16.8 Å². The van der Waals surface area contributed by atoms with Gasteiger partial charge < -0.3 is 15.5 Å². The van der Waals surface area contributed by atoms with Crippen molar-refractivity contribution in [2.45, 2.75) is 20.3 Å². The summed E-state index contributed by atoms with van der Waals surface area (Å²) in [6, 6.07) is 6.41. The number of piperazine rings is 1. The Hall–Kier alpha value is -1.26. The Bertz CT molecular complexity index is 456. The molecule has 0 saturated carbocycles. The van der Waals surface area contributed by atoms with Crippen molar-refractivity contribution in [1.82, 2.24) is 4.90 Å². The molecular weight excluding hydrogens is 274 g/mol. The van der Waals surface area contributed by atoms with Crippen molar-refractivity contribution in [3.8, 4) is 0 Å². The summed E-state index contributed by atoms with van der Waals surface area (Å²) in [5.74, 6) is 0.183. The first-order valence-electron chi connectivity index (χ1n) is 6.92. The molecule has 0 unspecified atom stereocenters. The fourth-order valence-electron chi connectivity index (χ4n) is 2.56. The highest BCUT2D eigenvalue weighted by Gasteiger charge is 2.21. The number of halogens is 1. The molecule has 1 saturated heterocycles. The highest BCUT2D eigenvalue weighted by Crippen LogP contribution is 2.23. The molecule has 1 aliphatic rings. The Kier molecular flexibility index (Phi) is 6.30. The smallest absolute Gasteiger partial charge is 0.223 e. The summed E-state index contributed by atoms with van der Waals surface area (Å²) < 4.78 is 0. The SMILES string of the molecule is Cc1cccc(N2CCN(C(=O)CCN)CC2)c1C.Cl. The lowest BCUT2D eigenvalue weighted by Crippen LogP contribution is -2.49. The first-order chi connectivity index (χ1) is 9.13. The van der Waals surface area contributed by atoms with Gasteiger partial charge in [-0.05, 0) is 31.0 Å². The van der Waals surface area contributed by atoms with Crippen LogP contribution in [0.15, 0.2) is 18.2 Å². The molecule has 0 aliphatic carbocycles. The molecule has 112 valence electrons. The van der Waals surface area contributed by atoms with E-state index >= 15 is 0 Å². The van der Waals surface area contributed by atoms with Crippen molar-refractivity contribution in [3.05, 3.63) is 29.3 Å². The van der Waals surface area contributed by atoms with Gasteiger partial charge in [0.25, 0.3) is 0 Å². The Labute approximate surface area is 127 Å². The van der Waals surface area contributed by atoms with Crippen LogP contribution in [-0.4, -0.2) is 43.5 Å². The normalized spacial score (nSPS) is 14.9. The van der Waals surface area contributed by atoms with E-state index in [1.54, 1.807) is 0 Å². The maximum atomic E-state index is 11.8. The summed E-state index contributed by atoms with van der Waals surface area (Å²) in [6.07, 6.45) is 0.462. The minimum atomic E-state index is 0. The zero-order chi connectivity index (χ0) is 13.8. The number of amides is 1. The Morgan fingerprint density at radius 2 is 1.85 bits per heavy atom. The molecule has 0 spiro atoms. The highest BCUT2D eigenvalue weighted by atomic mass is 35.5. The first-order valence-corrected chi connectivity index (χ1v) is 6.92. The lowest BCUT2D eigenvalue weighted by molar-refractivity contribution is -0.131. The number of nitrogens with two attached hydrogens (primary N) is 1. The van der Waals surface area contributed by atoms with Crippen LogP contribution in [-0.2, 0) is 4.79 Å². The van der Waals surface area contributed by atoms with Crippen molar-refractivity contribution in [2.75, 3.05) is 37.6 Å². The molecule has 4 nitrogen and oxygen atoms in total. The van der Waals surface area contributed by atoms with Gasteiger partial charge >= 0.3 is 0 Å². The van der Waals surface area contributed by atoms with Crippen molar-refractivity contribution in [1.29, 1.82) is 0 Å². The Balaban J connectivity index is 0.00000200. The number of hydrogen-bond donors (Lipinski definition) is 1. The number of benzene rings is 1. The van der Waals surface area contributed by atoms with Gasteiger partial charge in [-0.1, -0.05) is 12.1 Å². The van der Waals surface area contributed by atoms with Gasteiger partial charge in [-0.3, -0.25) is 4.79 Å². The second kappa shape index (κ2) is 7.50. The Morgan fingerprint density at radius 1 is 1.20 bits per heavy atom. The summed E-state index contributed by atoms with van der Waals surface area (Å²) in [6.45, 7) is 8.14. The molecule has 5 heteroatoms. The van der Waals surface area contributed by atoms with Gasteiger partial charge in [0.2, 0.25) is 5.91 Å². The molecule has 1 aromatic carbocycles. The first kappa shape index (κ1) is 16.8. The van der Waals surface area contributed by atoms with E-state index in [9.17, 15) is 4.79 Å². The monoisotopic (exact) mass is 297 g/mol. The lowest BCUT2D eigenvalue weighted by Gasteiger charge is -2.37. The highest BCUT2D eigenvalue weighted by molar-refractivity contribution is 5.85. The van der Waals surface area contributed by atoms with Crippen LogP contribution in [0.3, 0.4) is 0 Å². The average molecular weight is 298 g/mol. The topological polar surface area (TPSA) is 49.6 Å². The molecule has 0 radical (unpaired) electrons. The average Bonchev–Trinajstić information content (AvgIpc) is 2.42. The molecule has 1 heterocycles. The van der Waals surface area contributed by atoms with Gasteiger partial charge in [0, 0.05) is 44.8 Å². The molecule has 1 aliphatic heterocycles. The van der Waals surface area contributed by atoms with Crippen LogP contribution in [0, 0.1) is 13.8 Å². The van der Waals surface area contributed by atoms with Gasteiger partial charge in [-0.25, -0.2) is 0 Å². The zero-order valence-corrected chi connectivity index (χ0v) is 13.1. The van der Waals surface area contributed by atoms with Gasteiger partial charge in [-0.2, -0.15) is 0 Å². The summed E-state index contributed by atoms with van der Waals surface area (Å²) in [5, 5.41) is 0. The van der Waals surface area contributed by atoms with Crippen LogP contribution >= 0.6 is 12.4 Å². The number of nitrogens with zero attached hydrogens (tertiary/aromatic N) is 2. The molecule has 2 rings (SSSR count). The molecule has 2 N–H and O–H groups in total. The van der Waals surface area contributed by atoms with Gasteiger partial charge in [0.05, 0.1) is 0 Å². The summed E-state index contributed by atoms with van der Waals surface area (Å²) in [5.41, 5.74) is 9.39. The van der Waals surface area contributed by atoms with E-state index in [2.05, 4.69) is 36.9 Å². The molecule has 0 atom stereocenters. The molecule has 1 amide bonds. The van der Waals surface area contributed by atoms with E-state index in [-0.39, 0.29) is 18.3 Å². The Morgan fingerprint density at radius 3 is 2.45 bits per heavy atom. The van der Waals surface area contributed by atoms with Crippen LogP contribution in [0.2, 0.25) is 0 Å². The third-order valence-electron chi connectivity index (χ3n) is 3.91. The van der Waals surface area contributed by atoms with Crippen molar-refractivity contribution in [3.63, 3.8) is 0 Å². The maximum Gasteiger partial charge on any atom is 0.223 e. The number of anilines is 1. The van der Waals surface area contributed by atoms with Crippen LogP contribution in [0.5, 0.6) is 0 Å². The van der Waals surface area contributed by atoms with E-state index in [1.807, 2.05) is 4.90 Å². The minimum Gasteiger partial charge on any atom is -0.368 e. The predicted molar refractivity (Wildman–Crippen MR) is 85.6 cm³/mol. The van der Waals surface area contributed by atoms with Crippen LogP contribution in [0.4, 0.5) is 5.69 Å². The summed E-state index contributed by atoms with van der Waals surface area (Å²) in [4.78, 5) is 16.1. The van der Waals surface area contributed by atoms with Gasteiger partial charge in [0.15, 0.2) is 0 Å². The second-order valence-electron chi connectivity index (χ2n) is 5.13. The third-order valence-corrected chi connectivity index (χ3v) is 3.91.